The fourth-order valence-electron chi connectivity index (χ4n) is 1.29. The molecule has 0 aromatic heterocycles. The van der Waals surface area contributed by atoms with Gasteiger partial charge in [0, 0.05) is 6.04 Å². The molecule has 0 aliphatic heterocycles. The molecule has 4 nitrogen and oxygen atoms in total. The van der Waals surface area contributed by atoms with Gasteiger partial charge in [-0.1, -0.05) is 0 Å². The average molecular weight is 295 g/mol. The van der Waals surface area contributed by atoms with E-state index < -0.39 is 42.7 Å². The lowest BCUT2D eigenvalue weighted by Gasteiger charge is -2.31. The van der Waals surface area contributed by atoms with E-state index in [1.165, 1.54) is 0 Å². The third kappa shape index (κ3) is 4.95. The van der Waals surface area contributed by atoms with Gasteiger partial charge in [0.2, 0.25) is 11.8 Å². The van der Waals surface area contributed by atoms with Crippen LogP contribution in [0.3, 0.4) is 0 Å². The van der Waals surface area contributed by atoms with Crippen molar-refractivity contribution in [3.8, 4) is 0 Å². The zero-order valence-corrected chi connectivity index (χ0v) is 9.84. The fraction of sp³-hybridized carbons (Fsp3) is 0.778. The predicted molar refractivity (Wildman–Crippen MR) is 50.1 cm³/mol. The van der Waals surface area contributed by atoms with Gasteiger partial charge < -0.3 is 10.0 Å². The maximum atomic E-state index is 12.3. The van der Waals surface area contributed by atoms with Gasteiger partial charge in [0.1, 0.15) is 6.54 Å². The summed E-state index contributed by atoms with van der Waals surface area (Å²) < 4.78 is 73.9. The van der Waals surface area contributed by atoms with E-state index in [2.05, 4.69) is 0 Å². The Bertz CT molecular complexity index is 335. The van der Waals surface area contributed by atoms with Crippen LogP contribution in [0.15, 0.2) is 0 Å². The first-order chi connectivity index (χ1) is 8.28. The number of nitrogens with zero attached hydrogens (tertiary/aromatic N) is 1. The van der Waals surface area contributed by atoms with E-state index >= 15 is 0 Å². The largest absolute Gasteiger partial charge is 0.480 e. The van der Waals surface area contributed by atoms with Crippen molar-refractivity contribution in [2.24, 2.45) is 5.92 Å². The van der Waals surface area contributed by atoms with Crippen LogP contribution in [0.25, 0.3) is 0 Å². The summed E-state index contributed by atoms with van der Waals surface area (Å²) in [6.45, 7) is 0.995. The van der Waals surface area contributed by atoms with E-state index in [9.17, 15) is 35.9 Å². The van der Waals surface area contributed by atoms with Crippen molar-refractivity contribution in [3.63, 3.8) is 0 Å². The molecule has 1 N–H and O–H groups in total. The van der Waals surface area contributed by atoms with E-state index in [4.69, 9.17) is 5.11 Å². The summed E-state index contributed by atoms with van der Waals surface area (Å²) in [6, 6.07) is -1.11. The quantitative estimate of drug-likeness (QED) is 0.808. The number of halogens is 6. The number of alkyl halides is 6. The zero-order valence-electron chi connectivity index (χ0n) is 9.84. The van der Waals surface area contributed by atoms with Crippen LogP contribution in [0.2, 0.25) is 0 Å². The average Bonchev–Trinajstić information content (AvgIpc) is 2.07. The van der Waals surface area contributed by atoms with E-state index in [-0.39, 0.29) is 4.90 Å². The highest BCUT2D eigenvalue weighted by Crippen LogP contribution is 2.40. The van der Waals surface area contributed by atoms with Gasteiger partial charge >= 0.3 is 18.3 Å². The van der Waals surface area contributed by atoms with Gasteiger partial charge in [-0.15, -0.1) is 0 Å². The van der Waals surface area contributed by atoms with Crippen molar-refractivity contribution in [3.05, 3.63) is 0 Å². The molecule has 0 rings (SSSR count). The molecular weight excluding hydrogens is 284 g/mol. The van der Waals surface area contributed by atoms with Crippen molar-refractivity contribution < 1.29 is 41.0 Å². The summed E-state index contributed by atoms with van der Waals surface area (Å²) in [6.07, 6.45) is -11.7. The normalized spacial score (nSPS) is 12.9. The van der Waals surface area contributed by atoms with Crippen LogP contribution in [0.4, 0.5) is 26.3 Å². The van der Waals surface area contributed by atoms with Gasteiger partial charge in [0.05, 0.1) is 0 Å². The summed E-state index contributed by atoms with van der Waals surface area (Å²) in [4.78, 5) is 21.7. The molecule has 10 heteroatoms. The topological polar surface area (TPSA) is 57.6 Å². The Morgan fingerprint density at radius 1 is 1.05 bits per heavy atom. The highest BCUT2D eigenvalue weighted by atomic mass is 19.4. The predicted octanol–water partition coefficient (Wildman–Crippen LogP) is 2.05. The Kier molecular flexibility index (Phi) is 5.22. The number of amides is 1. The smallest absolute Gasteiger partial charge is 0.409 e. The molecule has 0 radical (unpaired) electrons. The number of rotatable bonds is 4. The number of hydrogen-bond acceptors (Lipinski definition) is 2. The van der Waals surface area contributed by atoms with Crippen molar-refractivity contribution in [1.82, 2.24) is 4.90 Å². The van der Waals surface area contributed by atoms with Crippen molar-refractivity contribution in [1.29, 1.82) is 0 Å². The molecule has 0 aliphatic carbocycles. The number of carboxylic acids is 1. The third-order valence-corrected chi connectivity index (χ3v) is 2.11. The number of hydrogen-bond donors (Lipinski definition) is 1. The van der Waals surface area contributed by atoms with Crippen LogP contribution < -0.4 is 0 Å². The summed E-state index contributed by atoms with van der Waals surface area (Å²) in [5, 5.41) is 8.41. The monoisotopic (exact) mass is 295 g/mol. The molecule has 0 aromatic carbocycles. The minimum atomic E-state index is -5.83. The van der Waals surface area contributed by atoms with Crippen LogP contribution in [0, 0.1) is 5.92 Å². The third-order valence-electron chi connectivity index (χ3n) is 2.11. The van der Waals surface area contributed by atoms with Gasteiger partial charge in [-0.3, -0.25) is 9.59 Å². The van der Waals surface area contributed by atoms with Gasteiger partial charge in [0.25, 0.3) is 0 Å². The van der Waals surface area contributed by atoms with Crippen LogP contribution in [0.1, 0.15) is 13.8 Å². The van der Waals surface area contributed by atoms with Crippen LogP contribution in [0.5, 0.6) is 0 Å². The summed E-state index contributed by atoms with van der Waals surface area (Å²) >= 11 is 0. The SMILES string of the molecule is CC(C)N(CC(=O)O)C(=O)C(C(F)(F)F)C(F)(F)F. The maximum Gasteiger partial charge on any atom is 0.409 e. The Balaban J connectivity index is 5.45. The Morgan fingerprint density at radius 3 is 1.63 bits per heavy atom. The molecule has 0 aliphatic rings. The summed E-state index contributed by atoms with van der Waals surface area (Å²) in [5.41, 5.74) is 0. The minimum absolute atomic E-state index is 0.0218. The number of aliphatic carboxylic acids is 1. The molecule has 0 saturated carbocycles. The number of carboxylic acid groups (broad SMARTS) is 1. The highest BCUT2D eigenvalue weighted by molar-refractivity contribution is 5.84. The van der Waals surface area contributed by atoms with Crippen LogP contribution in [-0.2, 0) is 9.59 Å². The van der Waals surface area contributed by atoms with Gasteiger partial charge in [0.15, 0.2) is 0 Å². The standard InChI is InChI=1S/C9H11F6NO3/c1-4(2)16(3-5(17)18)7(19)6(8(10,11)12)9(13,14)15/h4,6H,3H2,1-2H3,(H,17,18). The molecule has 1 amide bonds. The van der Waals surface area contributed by atoms with E-state index in [0.29, 0.717) is 0 Å². The van der Waals surface area contributed by atoms with Gasteiger partial charge in [-0.25, -0.2) is 0 Å². The molecule has 0 aromatic rings. The van der Waals surface area contributed by atoms with Crippen molar-refractivity contribution >= 4 is 11.9 Å². The Morgan fingerprint density at radius 2 is 1.42 bits per heavy atom. The highest BCUT2D eigenvalue weighted by Gasteiger charge is 2.62. The molecule has 0 heterocycles. The lowest BCUT2D eigenvalue weighted by Crippen LogP contribution is -2.52. The molecule has 0 bridgehead atoms. The van der Waals surface area contributed by atoms with Crippen LogP contribution in [-0.4, -0.2) is 46.8 Å². The first-order valence-corrected chi connectivity index (χ1v) is 4.94. The Labute approximate surface area is 104 Å². The second kappa shape index (κ2) is 5.66. The van der Waals surface area contributed by atoms with E-state index in [1.54, 1.807) is 0 Å². The molecule has 0 saturated heterocycles. The lowest BCUT2D eigenvalue weighted by molar-refractivity contribution is -0.278. The molecule has 0 unspecified atom stereocenters. The summed E-state index contributed by atoms with van der Waals surface area (Å²) in [5.74, 6) is -8.25. The molecule has 112 valence electrons. The second-order valence-electron chi connectivity index (χ2n) is 3.97. The van der Waals surface area contributed by atoms with Crippen LogP contribution >= 0.6 is 0 Å². The molecular formula is C9H11F6NO3. The maximum absolute atomic E-state index is 12.3. The molecule has 0 atom stereocenters. The van der Waals surface area contributed by atoms with Gasteiger partial charge in [-0.2, -0.15) is 26.3 Å². The van der Waals surface area contributed by atoms with Crippen molar-refractivity contribution in [2.45, 2.75) is 32.2 Å². The molecule has 0 fully saturated rings. The minimum Gasteiger partial charge on any atom is -0.480 e. The number of carbonyl (C=O) groups is 2. The summed E-state index contributed by atoms with van der Waals surface area (Å²) in [7, 11) is 0. The molecule has 0 spiro atoms. The second-order valence-corrected chi connectivity index (χ2v) is 3.97. The van der Waals surface area contributed by atoms with E-state index in [0.717, 1.165) is 13.8 Å². The fourth-order valence-corrected chi connectivity index (χ4v) is 1.29. The first kappa shape index (κ1) is 17.5. The lowest BCUT2D eigenvalue weighted by atomic mass is 10.1. The van der Waals surface area contributed by atoms with E-state index in [1.807, 2.05) is 0 Å². The Hall–Kier alpha value is -1.48. The van der Waals surface area contributed by atoms with Crippen molar-refractivity contribution in [2.75, 3.05) is 6.54 Å². The number of carbonyl (C=O) groups excluding carboxylic acids is 1. The molecule has 19 heavy (non-hydrogen) atoms. The van der Waals surface area contributed by atoms with Gasteiger partial charge in [-0.05, 0) is 13.8 Å². The zero-order chi connectivity index (χ0) is 15.6. The first-order valence-electron chi connectivity index (χ1n) is 4.94.